The number of aldehydes is 1. The molecule has 0 spiro atoms. The van der Waals surface area contributed by atoms with E-state index in [0.717, 1.165) is 18.5 Å². The minimum absolute atomic E-state index is 0.00114. The molecule has 0 aliphatic rings. The lowest BCUT2D eigenvalue weighted by atomic mass is 9.85. The Kier molecular flexibility index (Phi) is 6.67. The number of aryl methyl sites for hydroxylation is 1. The van der Waals surface area contributed by atoms with Gasteiger partial charge in [-0.05, 0) is 41.2 Å². The fraction of sp³-hybridized carbons (Fsp3) is 0.409. The van der Waals surface area contributed by atoms with Gasteiger partial charge >= 0.3 is 0 Å². The molecule has 0 saturated carbocycles. The third kappa shape index (κ3) is 5.01. The van der Waals surface area contributed by atoms with E-state index >= 15 is 0 Å². The molecule has 26 heavy (non-hydrogen) atoms. The lowest BCUT2D eigenvalue weighted by molar-refractivity contribution is 0.111. The molecule has 4 nitrogen and oxygen atoms in total. The van der Waals surface area contributed by atoms with Crippen molar-refractivity contribution in [1.82, 2.24) is 0 Å². The zero-order valence-electron chi connectivity index (χ0n) is 16.3. The lowest BCUT2D eigenvalue weighted by Gasteiger charge is -2.23. The van der Waals surface area contributed by atoms with Crippen molar-refractivity contribution in [2.24, 2.45) is 0 Å². The van der Waals surface area contributed by atoms with Crippen LogP contribution in [0.4, 0.5) is 0 Å². The Morgan fingerprint density at radius 3 is 2.23 bits per heavy atom. The molecule has 0 atom stereocenters. The van der Waals surface area contributed by atoms with Gasteiger partial charge in [0.25, 0.3) is 0 Å². The van der Waals surface area contributed by atoms with Gasteiger partial charge in [0.15, 0.2) is 6.29 Å². The highest BCUT2D eigenvalue weighted by atomic mass is 16.5. The zero-order valence-corrected chi connectivity index (χ0v) is 16.3. The van der Waals surface area contributed by atoms with Gasteiger partial charge in [-0.3, -0.25) is 4.79 Å². The summed E-state index contributed by atoms with van der Waals surface area (Å²) in [4.78, 5) is 11.1. The van der Waals surface area contributed by atoms with Gasteiger partial charge in [0, 0.05) is 6.07 Å². The summed E-state index contributed by atoms with van der Waals surface area (Å²) in [6.45, 7) is 9.42. The van der Waals surface area contributed by atoms with E-state index < -0.39 is 0 Å². The van der Waals surface area contributed by atoms with Crippen molar-refractivity contribution in [1.29, 1.82) is 0 Å². The van der Waals surface area contributed by atoms with Gasteiger partial charge in [0.2, 0.25) is 0 Å². The second kappa shape index (κ2) is 8.75. The van der Waals surface area contributed by atoms with Crippen LogP contribution in [-0.2, 0) is 11.8 Å². The Hall–Kier alpha value is -2.49. The van der Waals surface area contributed by atoms with Crippen LogP contribution in [0.2, 0.25) is 0 Å². The number of carbonyl (C=O) groups is 1. The summed E-state index contributed by atoms with van der Waals surface area (Å²) < 4.78 is 16.9. The summed E-state index contributed by atoms with van der Waals surface area (Å²) in [6, 6.07) is 11.5. The smallest absolute Gasteiger partial charge is 0.153 e. The van der Waals surface area contributed by atoms with Gasteiger partial charge in [0.1, 0.15) is 30.5 Å². The first-order valence-electron chi connectivity index (χ1n) is 8.91. The van der Waals surface area contributed by atoms with E-state index in [0.29, 0.717) is 30.3 Å². The Morgan fingerprint density at radius 2 is 1.65 bits per heavy atom. The quantitative estimate of drug-likeness (QED) is 0.502. The standard InChI is InChI=1S/C22H28O4/c1-6-16-7-10-20(19(13-16)22(2,3)4)25-11-12-26-21-14-18(24-5)9-8-17(21)15-23/h7-10,13-15H,6,11-12H2,1-5H3. The third-order valence-electron chi connectivity index (χ3n) is 4.21. The maximum Gasteiger partial charge on any atom is 0.153 e. The SMILES string of the molecule is CCc1ccc(OCCOc2cc(OC)ccc2C=O)c(C(C)(C)C)c1. The molecule has 0 aromatic heterocycles. The van der Waals surface area contributed by atoms with Crippen molar-refractivity contribution in [3.63, 3.8) is 0 Å². The highest BCUT2D eigenvalue weighted by Gasteiger charge is 2.19. The summed E-state index contributed by atoms with van der Waals surface area (Å²) in [5.74, 6) is 2.02. The number of hydrogen-bond acceptors (Lipinski definition) is 4. The van der Waals surface area contributed by atoms with E-state index in [9.17, 15) is 4.79 Å². The monoisotopic (exact) mass is 356 g/mol. The van der Waals surface area contributed by atoms with Crippen LogP contribution in [0.15, 0.2) is 36.4 Å². The molecule has 0 fully saturated rings. The minimum atomic E-state index is -0.00114. The molecule has 2 aromatic carbocycles. The Morgan fingerprint density at radius 1 is 0.962 bits per heavy atom. The molecule has 2 rings (SSSR count). The van der Waals surface area contributed by atoms with Gasteiger partial charge in [-0.25, -0.2) is 0 Å². The molecule has 0 saturated heterocycles. The van der Waals surface area contributed by atoms with E-state index in [1.807, 2.05) is 6.07 Å². The topological polar surface area (TPSA) is 44.8 Å². The summed E-state index contributed by atoms with van der Waals surface area (Å²) in [5, 5.41) is 0. The summed E-state index contributed by atoms with van der Waals surface area (Å²) in [7, 11) is 1.58. The molecule has 0 heterocycles. The molecule has 2 aromatic rings. The Balaban J connectivity index is 2.04. The van der Waals surface area contributed by atoms with Crippen molar-refractivity contribution in [3.05, 3.63) is 53.1 Å². The van der Waals surface area contributed by atoms with E-state index in [1.165, 1.54) is 11.1 Å². The molecular weight excluding hydrogens is 328 g/mol. The highest BCUT2D eigenvalue weighted by Crippen LogP contribution is 2.32. The highest BCUT2D eigenvalue weighted by molar-refractivity contribution is 5.79. The molecule has 0 amide bonds. The molecule has 0 radical (unpaired) electrons. The van der Waals surface area contributed by atoms with Crippen LogP contribution in [0.1, 0.15) is 49.2 Å². The van der Waals surface area contributed by atoms with Gasteiger partial charge in [-0.15, -0.1) is 0 Å². The van der Waals surface area contributed by atoms with E-state index in [2.05, 4.69) is 39.8 Å². The van der Waals surface area contributed by atoms with Crippen LogP contribution in [0.3, 0.4) is 0 Å². The maximum absolute atomic E-state index is 11.1. The van der Waals surface area contributed by atoms with Gasteiger partial charge < -0.3 is 14.2 Å². The zero-order chi connectivity index (χ0) is 19.2. The Bertz CT molecular complexity index is 744. The van der Waals surface area contributed by atoms with Crippen LogP contribution >= 0.6 is 0 Å². The first-order valence-corrected chi connectivity index (χ1v) is 8.91. The van der Waals surface area contributed by atoms with E-state index in [1.54, 1.807) is 25.3 Å². The average molecular weight is 356 g/mol. The Labute approximate surface area is 156 Å². The number of benzene rings is 2. The van der Waals surface area contributed by atoms with Crippen LogP contribution in [0.25, 0.3) is 0 Å². The molecule has 0 aliphatic carbocycles. The third-order valence-corrected chi connectivity index (χ3v) is 4.21. The maximum atomic E-state index is 11.1. The average Bonchev–Trinajstić information content (AvgIpc) is 2.64. The van der Waals surface area contributed by atoms with E-state index in [-0.39, 0.29) is 5.41 Å². The van der Waals surface area contributed by atoms with Crippen molar-refractivity contribution >= 4 is 6.29 Å². The number of hydrogen-bond donors (Lipinski definition) is 0. The summed E-state index contributed by atoms with van der Waals surface area (Å²) in [5.41, 5.74) is 2.98. The normalized spacial score (nSPS) is 11.1. The fourth-order valence-corrected chi connectivity index (χ4v) is 2.68. The van der Waals surface area contributed by atoms with Crippen LogP contribution in [0, 0.1) is 0 Å². The fourth-order valence-electron chi connectivity index (χ4n) is 2.68. The van der Waals surface area contributed by atoms with Crippen molar-refractivity contribution in [2.45, 2.75) is 39.5 Å². The van der Waals surface area contributed by atoms with Crippen LogP contribution in [0.5, 0.6) is 17.2 Å². The molecule has 4 heteroatoms. The molecule has 0 bridgehead atoms. The second-order valence-electron chi connectivity index (χ2n) is 7.15. The first kappa shape index (κ1) is 19.8. The van der Waals surface area contributed by atoms with Crippen LogP contribution in [-0.4, -0.2) is 26.6 Å². The lowest BCUT2D eigenvalue weighted by Crippen LogP contribution is -2.16. The number of carbonyl (C=O) groups excluding carboxylic acids is 1. The van der Waals surface area contributed by atoms with Crippen molar-refractivity contribution < 1.29 is 19.0 Å². The predicted molar refractivity (Wildman–Crippen MR) is 104 cm³/mol. The molecule has 0 unspecified atom stereocenters. The first-order chi connectivity index (χ1) is 12.4. The molecule has 140 valence electrons. The predicted octanol–water partition coefficient (Wildman–Crippen LogP) is 4.83. The summed E-state index contributed by atoms with van der Waals surface area (Å²) in [6.07, 6.45) is 1.77. The van der Waals surface area contributed by atoms with Gasteiger partial charge in [0.05, 0.1) is 12.7 Å². The van der Waals surface area contributed by atoms with Gasteiger partial charge in [-0.2, -0.15) is 0 Å². The van der Waals surface area contributed by atoms with Gasteiger partial charge in [-0.1, -0.05) is 39.8 Å². The van der Waals surface area contributed by atoms with Crippen molar-refractivity contribution in [2.75, 3.05) is 20.3 Å². The number of rotatable bonds is 8. The van der Waals surface area contributed by atoms with E-state index in [4.69, 9.17) is 14.2 Å². The van der Waals surface area contributed by atoms with Crippen LogP contribution < -0.4 is 14.2 Å². The second-order valence-corrected chi connectivity index (χ2v) is 7.15. The minimum Gasteiger partial charge on any atom is -0.497 e. The molecular formula is C22H28O4. The number of methoxy groups -OCH3 is 1. The van der Waals surface area contributed by atoms with Crippen molar-refractivity contribution in [3.8, 4) is 17.2 Å². The molecule has 0 aliphatic heterocycles. The molecule has 0 N–H and O–H groups in total. The largest absolute Gasteiger partial charge is 0.497 e. The number of ether oxygens (including phenoxy) is 3. The summed E-state index contributed by atoms with van der Waals surface area (Å²) >= 11 is 0.